The molecule has 114 valence electrons. The van der Waals surface area contributed by atoms with E-state index in [0.29, 0.717) is 14.4 Å². The molecular formula is C17H15HgNO4. The van der Waals surface area contributed by atoms with Crippen LogP contribution in [0.3, 0.4) is 0 Å². The summed E-state index contributed by atoms with van der Waals surface area (Å²) in [4.78, 5) is 23.2. The molecule has 0 amide bonds. The second-order valence-corrected chi connectivity index (χ2v) is 14.1. The van der Waals surface area contributed by atoms with Gasteiger partial charge >= 0.3 is 146 Å². The molecule has 1 aromatic carbocycles. The minimum absolute atomic E-state index is 0.0562. The van der Waals surface area contributed by atoms with Crippen LogP contribution in [0.25, 0.3) is 11.0 Å². The van der Waals surface area contributed by atoms with Crippen molar-refractivity contribution in [3.05, 3.63) is 38.7 Å². The van der Waals surface area contributed by atoms with Gasteiger partial charge in [-0.05, 0) is 0 Å². The molecule has 0 saturated heterocycles. The van der Waals surface area contributed by atoms with Crippen LogP contribution in [0.2, 0.25) is 3.93 Å². The molecule has 6 heteroatoms. The zero-order chi connectivity index (χ0) is 16.7. The van der Waals surface area contributed by atoms with Gasteiger partial charge in [-0.25, -0.2) is 0 Å². The summed E-state index contributed by atoms with van der Waals surface area (Å²) in [6.45, 7) is 5.31. The summed E-state index contributed by atoms with van der Waals surface area (Å²) in [5, 5.41) is 9.92. The van der Waals surface area contributed by atoms with Gasteiger partial charge in [-0.3, -0.25) is 0 Å². The first kappa shape index (κ1) is 16.2. The molecule has 2 aromatic rings. The summed E-state index contributed by atoms with van der Waals surface area (Å²) in [5.74, 6) is 0.770. The second-order valence-electron chi connectivity index (χ2n) is 6.05. The molecular weight excluding hydrogens is 483 g/mol. The van der Waals surface area contributed by atoms with Gasteiger partial charge < -0.3 is 0 Å². The molecule has 1 aromatic heterocycles. The van der Waals surface area contributed by atoms with E-state index in [4.69, 9.17) is 14.4 Å². The standard InChI is InChI=1S/C15H12NO3.C2H3O.Hg/c1-7-4-10-5-11-8(2)12(6-16)15(17)19-14(11)9(3)13(10)18-7;1-2-3;/h5,7H,1,4H2,2-3H3;1H3;. The van der Waals surface area contributed by atoms with Crippen LogP contribution in [-0.2, 0) is 35.8 Å². The molecule has 0 fully saturated rings. The van der Waals surface area contributed by atoms with Crippen LogP contribution in [-0.4, -0.2) is 9.40 Å². The zero-order valence-electron chi connectivity index (χ0n) is 13.4. The fraction of sp³-hybridized carbons (Fsp3) is 0.353. The molecule has 5 nitrogen and oxygen atoms in total. The van der Waals surface area contributed by atoms with Crippen molar-refractivity contribution in [3.8, 4) is 11.8 Å². The van der Waals surface area contributed by atoms with E-state index in [-0.39, 0.29) is 11.7 Å². The van der Waals surface area contributed by atoms with Crippen molar-refractivity contribution in [2.24, 2.45) is 0 Å². The Kier molecular flexibility index (Phi) is 4.28. The zero-order valence-corrected chi connectivity index (χ0v) is 18.9. The van der Waals surface area contributed by atoms with Gasteiger partial charge in [0, 0.05) is 0 Å². The Hall–Kier alpha value is -1.67. The van der Waals surface area contributed by atoms with Gasteiger partial charge in [0.15, 0.2) is 0 Å². The number of carbonyl (C=O) groups is 1. The average Bonchev–Trinajstić information content (AvgIpc) is 2.91. The Labute approximate surface area is 145 Å². The normalized spacial score (nSPS) is 15.7. The van der Waals surface area contributed by atoms with Crippen molar-refractivity contribution in [2.75, 3.05) is 0 Å². The Bertz CT molecular complexity index is 923. The van der Waals surface area contributed by atoms with Gasteiger partial charge in [-0.2, -0.15) is 0 Å². The molecule has 0 bridgehead atoms. The molecule has 0 spiro atoms. The summed E-state index contributed by atoms with van der Waals surface area (Å²) >= 11 is -1.51. The third kappa shape index (κ3) is 2.81. The summed E-state index contributed by atoms with van der Waals surface area (Å²) in [6, 6.07) is 3.88. The quantitative estimate of drug-likeness (QED) is 0.481. The fourth-order valence-electron chi connectivity index (χ4n) is 3.12. The van der Waals surface area contributed by atoms with Crippen molar-refractivity contribution in [3.63, 3.8) is 0 Å². The fourth-order valence-corrected chi connectivity index (χ4v) is 7.20. The number of aryl methyl sites for hydroxylation is 2. The number of ether oxygens (including phenoxy) is 1. The summed E-state index contributed by atoms with van der Waals surface area (Å²) in [7, 11) is 0. The molecule has 23 heavy (non-hydrogen) atoms. The van der Waals surface area contributed by atoms with E-state index < -0.39 is 30.2 Å². The van der Waals surface area contributed by atoms with E-state index >= 15 is 0 Å². The Morgan fingerprint density at radius 2 is 2.17 bits per heavy atom. The number of hydrogen-bond acceptors (Lipinski definition) is 5. The molecule has 1 unspecified atom stereocenters. The van der Waals surface area contributed by atoms with Crippen LogP contribution < -0.4 is 10.4 Å². The van der Waals surface area contributed by atoms with Gasteiger partial charge in [-0.15, -0.1) is 0 Å². The topological polar surface area (TPSA) is 80.3 Å². The summed E-state index contributed by atoms with van der Waals surface area (Å²) in [6.07, 6.45) is 0.841. The third-order valence-electron chi connectivity index (χ3n) is 4.38. The molecule has 1 aliphatic heterocycles. The molecule has 0 radical (unpaired) electrons. The van der Waals surface area contributed by atoms with Crippen molar-refractivity contribution in [2.45, 2.75) is 37.2 Å². The van der Waals surface area contributed by atoms with E-state index in [1.54, 1.807) is 13.8 Å². The van der Waals surface area contributed by atoms with E-state index in [0.717, 1.165) is 32.6 Å². The molecule has 1 aliphatic rings. The van der Waals surface area contributed by atoms with Crippen LogP contribution in [0, 0.1) is 25.2 Å². The molecule has 1 atom stereocenters. The Balaban J connectivity index is 2.10. The van der Waals surface area contributed by atoms with Gasteiger partial charge in [-0.1, -0.05) is 0 Å². The maximum absolute atomic E-state index is 11.9. The Morgan fingerprint density at radius 1 is 1.43 bits per heavy atom. The number of nitrogens with zero attached hydrogens (tertiary/aromatic N) is 1. The number of nitriles is 1. The van der Waals surface area contributed by atoms with E-state index in [1.807, 2.05) is 19.1 Å². The average molecular weight is 498 g/mol. The van der Waals surface area contributed by atoms with Crippen LogP contribution in [0.5, 0.6) is 5.75 Å². The molecule has 0 saturated carbocycles. The molecule has 3 rings (SSSR count). The van der Waals surface area contributed by atoms with Crippen LogP contribution in [0.15, 0.2) is 15.3 Å². The van der Waals surface area contributed by atoms with Crippen LogP contribution in [0.4, 0.5) is 0 Å². The predicted octanol–water partition coefficient (Wildman–Crippen LogP) is 2.63. The maximum atomic E-state index is 11.9. The van der Waals surface area contributed by atoms with Gasteiger partial charge in [0.1, 0.15) is 0 Å². The van der Waals surface area contributed by atoms with E-state index in [2.05, 4.69) is 0 Å². The molecule has 2 heterocycles. The number of carbonyl (C=O) groups excluding carboxylic acids is 1. The molecule has 0 N–H and O–H groups in total. The minimum atomic E-state index is -1.51. The van der Waals surface area contributed by atoms with E-state index in [1.165, 1.54) is 0 Å². The van der Waals surface area contributed by atoms with Gasteiger partial charge in [0.2, 0.25) is 0 Å². The summed E-state index contributed by atoms with van der Waals surface area (Å²) < 4.78 is 12.6. The summed E-state index contributed by atoms with van der Waals surface area (Å²) in [5.41, 5.74) is 2.45. The third-order valence-corrected chi connectivity index (χ3v) is 10.7. The predicted molar refractivity (Wildman–Crippen MR) is 80.3 cm³/mol. The number of hydrogen-bond donors (Lipinski definition) is 0. The first-order valence-electron chi connectivity index (χ1n) is 7.58. The van der Waals surface area contributed by atoms with Gasteiger partial charge in [0.05, 0.1) is 0 Å². The number of fused-ring (bicyclic) bond motifs is 2. The number of benzene rings is 1. The van der Waals surface area contributed by atoms with Crippen molar-refractivity contribution >= 4 is 14.3 Å². The first-order valence-corrected chi connectivity index (χ1v) is 14.2. The van der Waals surface area contributed by atoms with Crippen molar-refractivity contribution in [1.29, 1.82) is 5.26 Å². The Morgan fingerprint density at radius 3 is 2.83 bits per heavy atom. The second kappa shape index (κ2) is 6.08. The number of rotatable bonds is 3. The van der Waals surface area contributed by atoms with Gasteiger partial charge in [0.25, 0.3) is 0 Å². The van der Waals surface area contributed by atoms with Crippen molar-refractivity contribution in [1.82, 2.24) is 0 Å². The molecule has 0 aliphatic carbocycles. The van der Waals surface area contributed by atoms with Crippen LogP contribution >= 0.6 is 0 Å². The van der Waals surface area contributed by atoms with E-state index in [9.17, 15) is 9.59 Å². The first-order chi connectivity index (χ1) is 10.9. The van der Waals surface area contributed by atoms with Crippen molar-refractivity contribution < 1.29 is 38.5 Å². The SMILES string of the molecule is C[C](=O)[Hg][CH2]C1Cc2cc3c(C)c(C#N)c(=O)oc3c(C)c2O1. The van der Waals surface area contributed by atoms with Crippen LogP contribution in [0.1, 0.15) is 29.2 Å². The monoisotopic (exact) mass is 499 g/mol.